The number of halogens is 3. The molecule has 0 radical (unpaired) electrons. The first-order valence-corrected chi connectivity index (χ1v) is 13.0. The maximum absolute atomic E-state index is 12.5. The van der Waals surface area contributed by atoms with Gasteiger partial charge in [-0.3, -0.25) is 9.78 Å². The number of hydrogen-bond donors (Lipinski definition) is 3. The Labute approximate surface area is 235 Å². The van der Waals surface area contributed by atoms with Gasteiger partial charge in [0.25, 0.3) is 5.91 Å². The van der Waals surface area contributed by atoms with Gasteiger partial charge in [-0.25, -0.2) is 4.79 Å². The number of hydrogen-bond acceptors (Lipinski definition) is 6. The smallest absolute Gasteiger partial charge is 0.475 e. The van der Waals surface area contributed by atoms with Crippen molar-refractivity contribution >= 4 is 29.8 Å². The lowest BCUT2D eigenvalue weighted by Gasteiger charge is -2.28. The molecule has 4 rings (SSSR count). The van der Waals surface area contributed by atoms with E-state index in [1.165, 1.54) is 0 Å². The number of amides is 1. The molecule has 1 aliphatic rings. The second-order valence-corrected chi connectivity index (χ2v) is 9.00. The first kappa shape index (κ1) is 30.9. The molecule has 1 fully saturated rings. The Balaban J connectivity index is 0.000000587. The third-order valence-corrected chi connectivity index (χ3v) is 6.34. The Morgan fingerprint density at radius 1 is 1.10 bits per heavy atom. The Kier molecular flexibility index (Phi) is 10.7. The number of carboxylic acid groups (broad SMARTS) is 1. The molecule has 3 N–H and O–H groups in total. The van der Waals surface area contributed by atoms with Crippen LogP contribution in [0.1, 0.15) is 41.0 Å². The van der Waals surface area contributed by atoms with E-state index >= 15 is 0 Å². The van der Waals surface area contributed by atoms with Gasteiger partial charge in [-0.1, -0.05) is 18.2 Å². The number of aromatic nitrogens is 2. The number of nitrogens with one attached hydrogen (secondary N) is 2. The fraction of sp³-hybridized carbons (Fsp3) is 0.310. The summed E-state index contributed by atoms with van der Waals surface area (Å²) >= 11 is 0. The molecule has 0 saturated carbocycles. The number of alkyl halides is 3. The molecule has 0 spiro atoms. The second kappa shape index (κ2) is 14.1. The predicted molar refractivity (Wildman–Crippen MR) is 150 cm³/mol. The van der Waals surface area contributed by atoms with Gasteiger partial charge in [-0.05, 0) is 55.8 Å². The van der Waals surface area contributed by atoms with Gasteiger partial charge in [-0.15, -0.1) is 0 Å². The van der Waals surface area contributed by atoms with Gasteiger partial charge in [0.1, 0.15) is 11.9 Å². The summed E-state index contributed by atoms with van der Waals surface area (Å²) in [4.78, 5) is 33.3. The van der Waals surface area contributed by atoms with Gasteiger partial charge in [0.05, 0.1) is 11.3 Å². The average molecular weight is 569 g/mol. The van der Waals surface area contributed by atoms with Crippen LogP contribution in [0.5, 0.6) is 0 Å². The van der Waals surface area contributed by atoms with Crippen LogP contribution in [0.25, 0.3) is 23.4 Å². The highest BCUT2D eigenvalue weighted by atomic mass is 19.4. The van der Waals surface area contributed by atoms with E-state index in [0.717, 1.165) is 54.5 Å². The summed E-state index contributed by atoms with van der Waals surface area (Å²) < 4.78 is 31.7. The minimum atomic E-state index is -5.08. The van der Waals surface area contributed by atoms with Crippen molar-refractivity contribution in [2.75, 3.05) is 44.2 Å². The third kappa shape index (κ3) is 8.43. The van der Waals surface area contributed by atoms with Crippen molar-refractivity contribution in [2.24, 2.45) is 0 Å². The fourth-order valence-corrected chi connectivity index (χ4v) is 4.14. The molecule has 0 unspecified atom stereocenters. The lowest BCUT2D eigenvalue weighted by Crippen LogP contribution is -2.44. The van der Waals surface area contributed by atoms with Crippen molar-refractivity contribution in [2.45, 2.75) is 20.0 Å². The summed E-state index contributed by atoms with van der Waals surface area (Å²) in [6.45, 7) is 8.94. The fourth-order valence-electron chi connectivity index (χ4n) is 4.14. The third-order valence-electron chi connectivity index (χ3n) is 6.34. The largest absolute Gasteiger partial charge is 0.490 e. The van der Waals surface area contributed by atoms with Crippen molar-refractivity contribution in [3.8, 4) is 17.3 Å². The molecule has 0 bridgehead atoms. The number of aliphatic carboxylic acids is 1. The van der Waals surface area contributed by atoms with Gasteiger partial charge < -0.3 is 25.2 Å². The molecule has 3 heterocycles. The number of nitrogens with zero attached hydrogens (tertiary/aromatic N) is 4. The number of pyridine rings is 1. The zero-order valence-electron chi connectivity index (χ0n) is 22.7. The average Bonchev–Trinajstić information content (AvgIpc) is 3.42. The number of rotatable bonds is 7. The Morgan fingerprint density at radius 3 is 2.29 bits per heavy atom. The van der Waals surface area contributed by atoms with Crippen LogP contribution in [-0.2, 0) is 4.79 Å². The molecule has 9 nitrogen and oxygen atoms in total. The van der Waals surface area contributed by atoms with E-state index in [1.807, 2.05) is 73.4 Å². The van der Waals surface area contributed by atoms with Crippen LogP contribution < -0.4 is 10.2 Å². The number of carbonyl (C=O) groups excluding carboxylic acids is 1. The summed E-state index contributed by atoms with van der Waals surface area (Å²) in [7, 11) is 0. The highest BCUT2D eigenvalue weighted by molar-refractivity contribution is 5.94. The molecule has 1 aromatic carbocycles. The van der Waals surface area contributed by atoms with Crippen LogP contribution in [0.4, 0.5) is 19.0 Å². The zero-order valence-corrected chi connectivity index (χ0v) is 22.7. The van der Waals surface area contributed by atoms with Crippen LogP contribution in [-0.4, -0.2) is 77.3 Å². The van der Waals surface area contributed by atoms with Crippen molar-refractivity contribution in [3.05, 3.63) is 71.0 Å². The highest BCUT2D eigenvalue weighted by Crippen LogP contribution is 2.28. The molecule has 216 valence electrons. The van der Waals surface area contributed by atoms with E-state index < -0.39 is 12.1 Å². The number of carboxylic acids is 1. The SMILES string of the molecule is CCN(CC)C(=O)c1ccc(/C=C/c2cc(-c3cc(C#N)c(N4CCNCC4)[nH]3)ccn2)cc1.O=C(O)C(F)(F)F. The Bertz CT molecular complexity index is 1400. The van der Waals surface area contributed by atoms with Crippen molar-refractivity contribution in [1.82, 2.24) is 20.2 Å². The molecule has 3 aromatic rings. The van der Waals surface area contributed by atoms with E-state index in [1.54, 1.807) is 6.20 Å². The maximum atomic E-state index is 12.5. The number of aromatic amines is 1. The van der Waals surface area contributed by atoms with E-state index in [2.05, 4.69) is 26.3 Å². The zero-order chi connectivity index (χ0) is 30.0. The normalized spacial score (nSPS) is 13.3. The molecular weight excluding hydrogens is 537 g/mol. The maximum Gasteiger partial charge on any atom is 0.490 e. The molecule has 1 aliphatic heterocycles. The first-order valence-electron chi connectivity index (χ1n) is 13.0. The van der Waals surface area contributed by atoms with Crippen molar-refractivity contribution in [3.63, 3.8) is 0 Å². The number of carbonyl (C=O) groups is 2. The summed E-state index contributed by atoms with van der Waals surface area (Å²) in [5.41, 5.74) is 5.05. The van der Waals surface area contributed by atoms with Crippen LogP contribution in [0.2, 0.25) is 0 Å². The molecule has 0 aliphatic carbocycles. The predicted octanol–water partition coefficient (Wildman–Crippen LogP) is 4.64. The van der Waals surface area contributed by atoms with E-state index in [0.29, 0.717) is 24.2 Å². The van der Waals surface area contributed by atoms with E-state index in [4.69, 9.17) is 9.90 Å². The molecule has 1 amide bonds. The minimum absolute atomic E-state index is 0.0535. The topological polar surface area (TPSA) is 125 Å². The number of H-pyrrole nitrogens is 1. The summed E-state index contributed by atoms with van der Waals surface area (Å²) in [6.07, 6.45) is 0.633. The van der Waals surface area contributed by atoms with Crippen molar-refractivity contribution in [1.29, 1.82) is 5.26 Å². The van der Waals surface area contributed by atoms with Gasteiger partial charge in [0.15, 0.2) is 0 Å². The quantitative estimate of drug-likeness (QED) is 0.379. The molecule has 2 aromatic heterocycles. The van der Waals surface area contributed by atoms with Gasteiger partial charge >= 0.3 is 12.1 Å². The second-order valence-electron chi connectivity index (χ2n) is 9.00. The van der Waals surface area contributed by atoms with Gasteiger partial charge in [-0.2, -0.15) is 18.4 Å². The Hall–Kier alpha value is -4.63. The van der Waals surface area contributed by atoms with E-state index in [-0.39, 0.29) is 5.91 Å². The summed E-state index contributed by atoms with van der Waals surface area (Å²) in [5, 5.41) is 20.1. The van der Waals surface area contributed by atoms with Crippen LogP contribution in [0, 0.1) is 11.3 Å². The van der Waals surface area contributed by atoms with Crippen LogP contribution >= 0.6 is 0 Å². The number of anilines is 1. The lowest BCUT2D eigenvalue weighted by atomic mass is 10.1. The molecular formula is C29H31F3N6O3. The standard InChI is InChI=1S/C27H30N6O.C2HF3O2/c1-3-32(4-2)27(34)21-8-5-20(6-9-21)7-10-24-17-22(11-12-30-24)25-18-23(19-28)26(31-25)33-15-13-29-14-16-33;3-2(4,5)1(6)7/h5-12,17-18,29,31H,3-4,13-16H2,1-2H3;(H,6,7)/b10-7+;. The van der Waals surface area contributed by atoms with Crippen molar-refractivity contribution < 1.29 is 27.9 Å². The molecule has 0 atom stereocenters. The summed E-state index contributed by atoms with van der Waals surface area (Å²) in [6, 6.07) is 15.8. The number of benzene rings is 1. The molecule has 41 heavy (non-hydrogen) atoms. The van der Waals surface area contributed by atoms with Crippen LogP contribution in [0.15, 0.2) is 48.7 Å². The lowest BCUT2D eigenvalue weighted by molar-refractivity contribution is -0.192. The first-order chi connectivity index (χ1) is 19.6. The monoisotopic (exact) mass is 568 g/mol. The van der Waals surface area contributed by atoms with Gasteiger partial charge in [0, 0.05) is 62.3 Å². The summed E-state index contributed by atoms with van der Waals surface area (Å²) in [5.74, 6) is -1.82. The minimum Gasteiger partial charge on any atom is -0.475 e. The van der Waals surface area contributed by atoms with E-state index in [9.17, 15) is 23.2 Å². The van der Waals surface area contributed by atoms with Gasteiger partial charge in [0.2, 0.25) is 0 Å². The van der Waals surface area contributed by atoms with Crippen LogP contribution in [0.3, 0.4) is 0 Å². The number of nitriles is 1. The molecule has 1 saturated heterocycles. The number of piperazine rings is 1. The molecule has 12 heteroatoms. The highest BCUT2D eigenvalue weighted by Gasteiger charge is 2.38. The Morgan fingerprint density at radius 2 is 1.73 bits per heavy atom.